The van der Waals surface area contributed by atoms with Crippen LogP contribution in [0.3, 0.4) is 0 Å². The number of hydrogen-bond donors (Lipinski definition) is 2. The molecule has 7 heteroatoms. The van der Waals surface area contributed by atoms with Crippen LogP contribution >= 0.6 is 11.3 Å². The molecule has 1 saturated heterocycles. The van der Waals surface area contributed by atoms with Crippen molar-refractivity contribution >= 4 is 38.1 Å². The zero-order chi connectivity index (χ0) is 22.6. The Morgan fingerprint density at radius 2 is 1.94 bits per heavy atom. The summed E-state index contributed by atoms with van der Waals surface area (Å²) in [6.45, 7) is 6.30. The lowest BCUT2D eigenvalue weighted by Crippen LogP contribution is -2.46. The summed E-state index contributed by atoms with van der Waals surface area (Å²) in [5, 5.41) is 4.95. The first-order valence-electron chi connectivity index (χ1n) is 12.0. The number of carbonyl (C=O) groups is 1. The highest BCUT2D eigenvalue weighted by Gasteiger charge is 2.19. The summed E-state index contributed by atoms with van der Waals surface area (Å²) in [4.78, 5) is 16.5. The zero-order valence-corrected chi connectivity index (χ0v) is 19.8. The van der Waals surface area contributed by atoms with Crippen LogP contribution in [0.15, 0.2) is 42.5 Å². The number of amides is 2. The van der Waals surface area contributed by atoms with Gasteiger partial charge in [0, 0.05) is 36.6 Å². The van der Waals surface area contributed by atoms with Gasteiger partial charge in [-0.05, 0) is 79.4 Å². The Kier molecular flexibility index (Phi) is 6.69. The van der Waals surface area contributed by atoms with E-state index in [0.717, 1.165) is 82.2 Å². The van der Waals surface area contributed by atoms with E-state index in [1.807, 2.05) is 6.07 Å². The number of nitrogens with two attached hydrogens (primary N) is 1. The number of primary amides is 1. The number of carbonyl (C=O) groups excluding carboxylic acids is 1. The number of rotatable bonds is 7. The molecule has 0 aliphatic carbocycles. The SMILES string of the molecule is NC(=O)Nc1sc2ccccc2c1CCCCN1CCN(c2ccc3c(c2)CCCO3)CC1. The zero-order valence-electron chi connectivity index (χ0n) is 19.0. The van der Waals surface area contributed by atoms with E-state index in [-0.39, 0.29) is 0 Å². The van der Waals surface area contributed by atoms with Gasteiger partial charge in [-0.3, -0.25) is 10.2 Å². The van der Waals surface area contributed by atoms with E-state index in [2.05, 4.69) is 51.5 Å². The van der Waals surface area contributed by atoms with Crippen LogP contribution in [-0.2, 0) is 12.8 Å². The minimum absolute atomic E-state index is 0.493. The number of urea groups is 1. The summed E-state index contributed by atoms with van der Waals surface area (Å²) in [5.74, 6) is 1.07. The number of anilines is 2. The van der Waals surface area contributed by atoms with E-state index in [1.54, 1.807) is 11.3 Å². The number of nitrogens with one attached hydrogen (secondary N) is 1. The second kappa shape index (κ2) is 10.0. The first-order chi connectivity index (χ1) is 16.2. The quantitative estimate of drug-likeness (QED) is 0.490. The van der Waals surface area contributed by atoms with Gasteiger partial charge in [0.25, 0.3) is 0 Å². The molecule has 174 valence electrons. The number of thiophene rings is 1. The van der Waals surface area contributed by atoms with Crippen LogP contribution in [0.1, 0.15) is 30.4 Å². The molecule has 1 fully saturated rings. The molecule has 1 aromatic heterocycles. The molecule has 0 radical (unpaired) electrons. The number of piperazine rings is 1. The standard InChI is InChI=1S/C26H32N4O2S/c27-26(31)28-25-22(21-7-1-2-9-24(21)33-25)8-3-4-12-29-13-15-30(16-14-29)20-10-11-23-19(18-20)6-5-17-32-23/h1-2,7,9-11,18H,3-6,8,12-17H2,(H3,27,28,31). The van der Waals surface area contributed by atoms with Crippen LogP contribution in [0.2, 0.25) is 0 Å². The first kappa shape index (κ1) is 22.0. The summed E-state index contributed by atoms with van der Waals surface area (Å²) in [5.41, 5.74) is 9.30. The Hall–Kier alpha value is -2.77. The van der Waals surface area contributed by atoms with Gasteiger partial charge >= 0.3 is 6.03 Å². The van der Waals surface area contributed by atoms with Crippen LogP contribution in [0, 0.1) is 0 Å². The Balaban J connectivity index is 1.11. The minimum atomic E-state index is -0.493. The van der Waals surface area contributed by atoms with Crippen molar-refractivity contribution in [2.75, 3.05) is 49.5 Å². The van der Waals surface area contributed by atoms with E-state index in [4.69, 9.17) is 10.5 Å². The highest BCUT2D eigenvalue weighted by Crippen LogP contribution is 2.36. The third-order valence-electron chi connectivity index (χ3n) is 6.72. The van der Waals surface area contributed by atoms with Crippen molar-refractivity contribution in [3.63, 3.8) is 0 Å². The molecule has 0 spiro atoms. The van der Waals surface area contributed by atoms with Crippen molar-refractivity contribution in [1.82, 2.24) is 4.90 Å². The van der Waals surface area contributed by atoms with E-state index < -0.39 is 6.03 Å². The summed E-state index contributed by atoms with van der Waals surface area (Å²) < 4.78 is 6.96. The molecule has 6 nitrogen and oxygen atoms in total. The molecule has 0 saturated carbocycles. The maximum absolute atomic E-state index is 11.4. The summed E-state index contributed by atoms with van der Waals surface area (Å²) in [6.07, 6.45) is 5.44. The lowest BCUT2D eigenvalue weighted by molar-refractivity contribution is 0.253. The molecule has 5 rings (SSSR count). The second-order valence-corrected chi connectivity index (χ2v) is 9.98. The Morgan fingerprint density at radius 1 is 1.09 bits per heavy atom. The molecular formula is C26H32N4O2S. The third-order valence-corrected chi connectivity index (χ3v) is 7.84. The first-order valence-corrected chi connectivity index (χ1v) is 12.8. The fourth-order valence-corrected chi connectivity index (χ4v) is 6.12. The average molecular weight is 465 g/mol. The molecule has 0 atom stereocenters. The third kappa shape index (κ3) is 5.09. The van der Waals surface area contributed by atoms with Crippen molar-refractivity contribution in [2.45, 2.75) is 32.1 Å². The van der Waals surface area contributed by atoms with Crippen molar-refractivity contribution in [1.29, 1.82) is 0 Å². The molecule has 3 heterocycles. The maximum atomic E-state index is 11.4. The minimum Gasteiger partial charge on any atom is -0.493 e. The number of aryl methyl sites for hydroxylation is 2. The molecule has 33 heavy (non-hydrogen) atoms. The molecule has 2 aliphatic rings. The van der Waals surface area contributed by atoms with Gasteiger partial charge in [-0.15, -0.1) is 11.3 Å². The monoisotopic (exact) mass is 464 g/mol. The van der Waals surface area contributed by atoms with Gasteiger partial charge in [-0.1, -0.05) is 18.2 Å². The molecule has 3 N–H and O–H groups in total. The summed E-state index contributed by atoms with van der Waals surface area (Å²) in [7, 11) is 0. The van der Waals surface area contributed by atoms with Crippen LogP contribution < -0.4 is 20.7 Å². The molecule has 2 aliphatic heterocycles. The number of benzene rings is 2. The number of ether oxygens (including phenoxy) is 1. The van der Waals surface area contributed by atoms with Gasteiger partial charge < -0.3 is 15.4 Å². The van der Waals surface area contributed by atoms with Gasteiger partial charge in [0.1, 0.15) is 10.8 Å². The topological polar surface area (TPSA) is 70.8 Å². The van der Waals surface area contributed by atoms with Gasteiger partial charge in [0.05, 0.1) is 6.61 Å². The van der Waals surface area contributed by atoms with Crippen molar-refractivity contribution < 1.29 is 9.53 Å². The molecule has 0 unspecified atom stereocenters. The number of fused-ring (bicyclic) bond motifs is 2. The lowest BCUT2D eigenvalue weighted by atomic mass is 10.0. The summed E-state index contributed by atoms with van der Waals surface area (Å²) in [6, 6.07) is 14.5. The Labute approximate surface area is 199 Å². The van der Waals surface area contributed by atoms with Gasteiger partial charge in [-0.2, -0.15) is 0 Å². The number of hydrogen-bond acceptors (Lipinski definition) is 5. The second-order valence-electron chi connectivity index (χ2n) is 8.92. The molecule has 3 aromatic rings. The Bertz CT molecular complexity index is 1120. The predicted molar refractivity (Wildman–Crippen MR) is 137 cm³/mol. The summed E-state index contributed by atoms with van der Waals surface area (Å²) >= 11 is 1.61. The maximum Gasteiger partial charge on any atom is 0.317 e. The normalized spacial score (nSPS) is 16.4. The van der Waals surface area contributed by atoms with Gasteiger partial charge in [0.15, 0.2) is 0 Å². The van der Waals surface area contributed by atoms with E-state index in [0.29, 0.717) is 0 Å². The van der Waals surface area contributed by atoms with Crippen LogP contribution in [0.25, 0.3) is 10.1 Å². The highest BCUT2D eigenvalue weighted by molar-refractivity contribution is 7.23. The van der Waals surface area contributed by atoms with Crippen LogP contribution in [0.5, 0.6) is 5.75 Å². The molecular weight excluding hydrogens is 432 g/mol. The van der Waals surface area contributed by atoms with Crippen molar-refractivity contribution in [3.8, 4) is 5.75 Å². The van der Waals surface area contributed by atoms with Crippen molar-refractivity contribution in [2.24, 2.45) is 5.73 Å². The lowest BCUT2D eigenvalue weighted by Gasteiger charge is -2.36. The number of nitrogens with zero attached hydrogens (tertiary/aromatic N) is 2. The van der Waals surface area contributed by atoms with E-state index >= 15 is 0 Å². The fourth-order valence-electron chi connectivity index (χ4n) is 4.97. The van der Waals surface area contributed by atoms with E-state index in [9.17, 15) is 4.79 Å². The smallest absolute Gasteiger partial charge is 0.317 e. The molecule has 2 aromatic carbocycles. The van der Waals surface area contributed by atoms with E-state index in [1.165, 1.54) is 26.9 Å². The van der Waals surface area contributed by atoms with Crippen LogP contribution in [-0.4, -0.2) is 50.3 Å². The van der Waals surface area contributed by atoms with Gasteiger partial charge in [-0.25, -0.2) is 4.79 Å². The largest absolute Gasteiger partial charge is 0.493 e. The predicted octanol–water partition coefficient (Wildman–Crippen LogP) is 4.86. The fraction of sp³-hybridized carbons (Fsp3) is 0.423. The molecule has 2 amide bonds. The van der Waals surface area contributed by atoms with Crippen LogP contribution in [0.4, 0.5) is 15.5 Å². The highest BCUT2D eigenvalue weighted by atomic mass is 32.1. The molecule has 0 bridgehead atoms. The van der Waals surface area contributed by atoms with Crippen molar-refractivity contribution in [3.05, 3.63) is 53.6 Å². The Morgan fingerprint density at radius 3 is 2.79 bits per heavy atom. The van der Waals surface area contributed by atoms with Gasteiger partial charge in [0.2, 0.25) is 0 Å². The number of unbranched alkanes of at least 4 members (excludes halogenated alkanes) is 1. The average Bonchev–Trinajstić information content (AvgIpc) is 3.18.